The van der Waals surface area contributed by atoms with E-state index in [1.807, 2.05) is 0 Å². The molecule has 0 aromatic rings. The minimum absolute atomic E-state index is 0. The fourth-order valence-electron chi connectivity index (χ4n) is 2.79. The first-order valence-electron chi connectivity index (χ1n) is 7.87. The Bertz CT molecular complexity index is 257. The summed E-state index contributed by atoms with van der Waals surface area (Å²) in [5.41, 5.74) is 0. The molecule has 0 aromatic carbocycles. The van der Waals surface area contributed by atoms with Crippen LogP contribution in [0.5, 0.6) is 0 Å². The van der Waals surface area contributed by atoms with Crippen LogP contribution in [-0.2, 0) is 4.79 Å². The van der Waals surface area contributed by atoms with Crippen LogP contribution in [0.3, 0.4) is 0 Å². The monoisotopic (exact) mass is 341 g/mol. The molecule has 1 aliphatic rings. The van der Waals surface area contributed by atoms with E-state index in [1.54, 1.807) is 0 Å². The van der Waals surface area contributed by atoms with Gasteiger partial charge < -0.3 is 15.5 Å². The van der Waals surface area contributed by atoms with Gasteiger partial charge in [0.2, 0.25) is 5.91 Å². The van der Waals surface area contributed by atoms with Crippen molar-refractivity contribution < 1.29 is 4.79 Å². The van der Waals surface area contributed by atoms with Crippen molar-refractivity contribution in [1.29, 1.82) is 0 Å². The van der Waals surface area contributed by atoms with E-state index in [0.29, 0.717) is 18.3 Å². The van der Waals surface area contributed by atoms with E-state index in [9.17, 15) is 4.79 Å². The van der Waals surface area contributed by atoms with Gasteiger partial charge in [-0.15, -0.1) is 24.8 Å². The third kappa shape index (κ3) is 9.56. The van der Waals surface area contributed by atoms with Gasteiger partial charge in [-0.2, -0.15) is 0 Å². The second-order valence-corrected chi connectivity index (χ2v) is 5.66. The second kappa shape index (κ2) is 13.6. The molecule has 2 atom stereocenters. The fraction of sp³-hybridized carbons (Fsp3) is 0.933. The van der Waals surface area contributed by atoms with E-state index < -0.39 is 0 Å². The van der Waals surface area contributed by atoms with Crippen molar-refractivity contribution in [3.63, 3.8) is 0 Å². The lowest BCUT2D eigenvalue weighted by Crippen LogP contribution is -2.38. The Morgan fingerprint density at radius 3 is 2.52 bits per heavy atom. The molecule has 1 saturated heterocycles. The number of hydrogen-bond donors (Lipinski definition) is 2. The fourth-order valence-corrected chi connectivity index (χ4v) is 2.79. The number of rotatable bonds is 8. The molecule has 1 rings (SSSR count). The van der Waals surface area contributed by atoms with Crippen molar-refractivity contribution >= 4 is 30.7 Å². The number of amides is 1. The average Bonchev–Trinajstić information content (AvgIpc) is 2.44. The Morgan fingerprint density at radius 1 is 1.33 bits per heavy atom. The summed E-state index contributed by atoms with van der Waals surface area (Å²) in [5, 5.41) is 6.47. The van der Waals surface area contributed by atoms with E-state index in [2.05, 4.69) is 36.3 Å². The van der Waals surface area contributed by atoms with Crippen molar-refractivity contribution in [3.05, 3.63) is 0 Å². The molecule has 0 spiro atoms. The van der Waals surface area contributed by atoms with Crippen molar-refractivity contribution in [2.24, 2.45) is 11.8 Å². The molecule has 0 aromatic heterocycles. The number of nitrogens with zero attached hydrogens (tertiary/aromatic N) is 1. The molecule has 1 fully saturated rings. The van der Waals surface area contributed by atoms with Crippen LogP contribution in [0.2, 0.25) is 0 Å². The Labute approximate surface area is 142 Å². The molecular formula is C15H33Cl2N3O. The number of carbonyl (C=O) groups is 1. The summed E-state index contributed by atoms with van der Waals surface area (Å²) in [5.74, 6) is 1.37. The third-order valence-electron chi connectivity index (χ3n) is 4.29. The SMILES string of the molecule is CCN(CC)CCNC(=O)CC(C)C1CCCNC1.Cl.Cl. The highest BCUT2D eigenvalue weighted by molar-refractivity contribution is 5.85. The molecule has 1 aliphatic heterocycles. The van der Waals surface area contributed by atoms with Gasteiger partial charge in [-0.3, -0.25) is 4.79 Å². The zero-order valence-corrected chi connectivity index (χ0v) is 15.3. The van der Waals surface area contributed by atoms with Gasteiger partial charge in [-0.25, -0.2) is 0 Å². The second-order valence-electron chi connectivity index (χ2n) is 5.66. The predicted octanol–water partition coefficient (Wildman–Crippen LogP) is 2.31. The number of halogens is 2. The smallest absolute Gasteiger partial charge is 0.220 e. The molecule has 2 N–H and O–H groups in total. The molecule has 2 unspecified atom stereocenters. The van der Waals surface area contributed by atoms with Crippen LogP contribution < -0.4 is 10.6 Å². The van der Waals surface area contributed by atoms with Gasteiger partial charge in [0.15, 0.2) is 0 Å². The Balaban J connectivity index is 0. The molecule has 0 bridgehead atoms. The van der Waals surface area contributed by atoms with Crippen LogP contribution in [0.25, 0.3) is 0 Å². The van der Waals surface area contributed by atoms with Crippen molar-refractivity contribution in [2.75, 3.05) is 39.3 Å². The van der Waals surface area contributed by atoms with Crippen LogP contribution >= 0.6 is 24.8 Å². The highest BCUT2D eigenvalue weighted by atomic mass is 35.5. The van der Waals surface area contributed by atoms with Crippen molar-refractivity contribution in [3.8, 4) is 0 Å². The maximum Gasteiger partial charge on any atom is 0.220 e. The molecule has 21 heavy (non-hydrogen) atoms. The van der Waals surface area contributed by atoms with Gasteiger partial charge in [0.1, 0.15) is 0 Å². The zero-order valence-electron chi connectivity index (χ0n) is 13.7. The Kier molecular flexibility index (Phi) is 15.1. The summed E-state index contributed by atoms with van der Waals surface area (Å²) in [6.07, 6.45) is 3.18. The molecule has 6 heteroatoms. The lowest BCUT2D eigenvalue weighted by Gasteiger charge is -2.28. The molecule has 1 heterocycles. The van der Waals surface area contributed by atoms with E-state index in [-0.39, 0.29) is 30.7 Å². The maximum atomic E-state index is 11.9. The summed E-state index contributed by atoms with van der Waals surface area (Å²) in [6, 6.07) is 0. The molecular weight excluding hydrogens is 309 g/mol. The van der Waals surface area contributed by atoms with Gasteiger partial charge in [0, 0.05) is 19.5 Å². The Morgan fingerprint density at radius 2 is 2.00 bits per heavy atom. The number of piperidine rings is 1. The average molecular weight is 342 g/mol. The number of hydrogen-bond acceptors (Lipinski definition) is 3. The molecule has 0 saturated carbocycles. The van der Waals surface area contributed by atoms with E-state index in [0.717, 1.165) is 39.3 Å². The zero-order chi connectivity index (χ0) is 14.1. The minimum Gasteiger partial charge on any atom is -0.355 e. The first kappa shape index (κ1) is 23.2. The predicted molar refractivity (Wildman–Crippen MR) is 94.7 cm³/mol. The van der Waals surface area contributed by atoms with E-state index in [4.69, 9.17) is 0 Å². The third-order valence-corrected chi connectivity index (χ3v) is 4.29. The number of nitrogens with one attached hydrogen (secondary N) is 2. The summed E-state index contributed by atoms with van der Waals surface area (Å²) in [4.78, 5) is 14.2. The van der Waals surface area contributed by atoms with Crippen LogP contribution in [0.1, 0.15) is 40.0 Å². The summed E-state index contributed by atoms with van der Waals surface area (Å²) in [6.45, 7) is 12.6. The minimum atomic E-state index is 0. The van der Waals surface area contributed by atoms with Crippen LogP contribution in [-0.4, -0.2) is 50.1 Å². The summed E-state index contributed by atoms with van der Waals surface area (Å²) in [7, 11) is 0. The van der Waals surface area contributed by atoms with E-state index >= 15 is 0 Å². The highest BCUT2D eigenvalue weighted by Gasteiger charge is 2.21. The summed E-state index contributed by atoms with van der Waals surface area (Å²) >= 11 is 0. The van der Waals surface area contributed by atoms with Gasteiger partial charge in [-0.1, -0.05) is 20.8 Å². The van der Waals surface area contributed by atoms with Crippen LogP contribution in [0.4, 0.5) is 0 Å². The molecule has 128 valence electrons. The van der Waals surface area contributed by atoms with Crippen molar-refractivity contribution in [1.82, 2.24) is 15.5 Å². The molecule has 4 nitrogen and oxygen atoms in total. The van der Waals surface area contributed by atoms with Crippen LogP contribution in [0.15, 0.2) is 0 Å². The lowest BCUT2D eigenvalue weighted by molar-refractivity contribution is -0.122. The first-order valence-corrected chi connectivity index (χ1v) is 7.87. The van der Waals surface area contributed by atoms with Crippen molar-refractivity contribution in [2.45, 2.75) is 40.0 Å². The first-order chi connectivity index (χ1) is 9.17. The van der Waals surface area contributed by atoms with Gasteiger partial charge in [-0.05, 0) is 50.9 Å². The van der Waals surface area contributed by atoms with Crippen LogP contribution in [0, 0.1) is 11.8 Å². The normalized spacial score (nSPS) is 19.3. The number of carbonyl (C=O) groups excluding carboxylic acids is 1. The topological polar surface area (TPSA) is 44.4 Å². The Hall–Kier alpha value is -0.0300. The quantitative estimate of drug-likeness (QED) is 0.712. The standard InChI is InChI=1S/C15H31N3O.2ClH/c1-4-18(5-2)10-9-17-15(19)11-13(3)14-7-6-8-16-12-14;;/h13-14,16H,4-12H2,1-3H3,(H,17,19);2*1H. The highest BCUT2D eigenvalue weighted by Crippen LogP contribution is 2.22. The van der Waals surface area contributed by atoms with Gasteiger partial charge >= 0.3 is 0 Å². The lowest BCUT2D eigenvalue weighted by atomic mass is 9.85. The van der Waals surface area contributed by atoms with E-state index in [1.165, 1.54) is 12.8 Å². The molecule has 0 radical (unpaired) electrons. The van der Waals surface area contributed by atoms with Gasteiger partial charge in [0.05, 0.1) is 0 Å². The molecule has 0 aliphatic carbocycles. The molecule has 1 amide bonds. The number of likely N-dealkylation sites (N-methyl/N-ethyl adjacent to an activating group) is 1. The largest absolute Gasteiger partial charge is 0.355 e. The maximum absolute atomic E-state index is 11.9. The van der Waals surface area contributed by atoms with Gasteiger partial charge in [0.25, 0.3) is 0 Å². The summed E-state index contributed by atoms with van der Waals surface area (Å²) < 4.78 is 0.